The fraction of sp³-hybridized carbons (Fsp3) is 0.263. The Labute approximate surface area is 166 Å². The summed E-state index contributed by atoms with van der Waals surface area (Å²) < 4.78 is 4.97. The van der Waals surface area contributed by atoms with E-state index in [2.05, 4.69) is 5.32 Å². The number of hydrogen-bond donors (Lipinski definition) is 1. The lowest BCUT2D eigenvalue weighted by Crippen LogP contribution is -2.21. The summed E-state index contributed by atoms with van der Waals surface area (Å²) in [6.45, 7) is 0.968. The Hall–Kier alpha value is -3.13. The standard InChI is InChI=1S/C19H18ClN3O5/c20-14-4-3-5-15(11-14)21-18(24)12-28-19(25)13-6-7-16(17(10-13)23(26)27)22-8-1-2-9-22/h3-7,10-11H,1-2,8-9,12H2,(H,21,24). The normalized spacial score (nSPS) is 13.2. The molecule has 28 heavy (non-hydrogen) atoms. The number of carbonyl (C=O) groups excluding carboxylic acids is 2. The summed E-state index contributed by atoms with van der Waals surface area (Å²) in [6, 6.07) is 10.7. The van der Waals surface area contributed by atoms with Gasteiger partial charge in [-0.15, -0.1) is 0 Å². The fourth-order valence-corrected chi connectivity index (χ4v) is 3.19. The van der Waals surface area contributed by atoms with E-state index in [0.29, 0.717) is 16.4 Å². The van der Waals surface area contributed by atoms with E-state index < -0.39 is 23.4 Å². The van der Waals surface area contributed by atoms with Crippen LogP contribution in [-0.4, -0.2) is 36.5 Å². The molecule has 146 valence electrons. The van der Waals surface area contributed by atoms with Gasteiger partial charge in [0.25, 0.3) is 11.6 Å². The van der Waals surface area contributed by atoms with Crippen LogP contribution < -0.4 is 10.2 Å². The second-order valence-corrected chi connectivity index (χ2v) is 6.73. The lowest BCUT2D eigenvalue weighted by Gasteiger charge is -2.17. The van der Waals surface area contributed by atoms with Crippen LogP contribution in [0.15, 0.2) is 42.5 Å². The number of halogens is 1. The molecular weight excluding hydrogens is 386 g/mol. The van der Waals surface area contributed by atoms with Gasteiger partial charge in [-0.2, -0.15) is 0 Å². The first kappa shape index (κ1) is 19.6. The molecule has 0 saturated carbocycles. The summed E-state index contributed by atoms with van der Waals surface area (Å²) in [4.78, 5) is 36.9. The molecule has 1 aliphatic rings. The van der Waals surface area contributed by atoms with E-state index in [1.165, 1.54) is 12.1 Å². The van der Waals surface area contributed by atoms with Crippen molar-refractivity contribution in [3.8, 4) is 0 Å². The molecule has 0 spiro atoms. The highest BCUT2D eigenvalue weighted by Gasteiger charge is 2.24. The molecule has 8 nitrogen and oxygen atoms in total. The van der Waals surface area contributed by atoms with Crippen LogP contribution in [0.2, 0.25) is 5.02 Å². The van der Waals surface area contributed by atoms with Crippen LogP contribution in [0.5, 0.6) is 0 Å². The van der Waals surface area contributed by atoms with Crippen LogP contribution in [0.25, 0.3) is 0 Å². The highest BCUT2D eigenvalue weighted by molar-refractivity contribution is 6.30. The molecule has 1 aliphatic heterocycles. The fourth-order valence-electron chi connectivity index (χ4n) is 3.00. The Balaban J connectivity index is 1.64. The van der Waals surface area contributed by atoms with E-state index in [-0.39, 0.29) is 11.3 Å². The maximum Gasteiger partial charge on any atom is 0.338 e. The summed E-state index contributed by atoms with van der Waals surface area (Å²) in [5, 5.41) is 14.4. The molecule has 1 fully saturated rings. The Morgan fingerprint density at radius 2 is 1.93 bits per heavy atom. The molecule has 1 amide bonds. The maximum absolute atomic E-state index is 12.2. The van der Waals surface area contributed by atoms with Gasteiger partial charge in [-0.25, -0.2) is 4.79 Å². The first-order valence-corrected chi connectivity index (χ1v) is 9.08. The van der Waals surface area contributed by atoms with Crippen LogP contribution >= 0.6 is 11.6 Å². The van der Waals surface area contributed by atoms with Crippen LogP contribution in [0.3, 0.4) is 0 Å². The minimum Gasteiger partial charge on any atom is -0.452 e. The molecule has 3 rings (SSSR count). The zero-order valence-electron chi connectivity index (χ0n) is 14.9. The summed E-state index contributed by atoms with van der Waals surface area (Å²) in [5.74, 6) is -1.35. The van der Waals surface area contributed by atoms with Gasteiger partial charge in [0.1, 0.15) is 5.69 Å². The average Bonchev–Trinajstić information content (AvgIpc) is 3.20. The van der Waals surface area contributed by atoms with Gasteiger partial charge in [0.05, 0.1) is 10.5 Å². The molecule has 2 aromatic carbocycles. The first-order chi connectivity index (χ1) is 13.4. The highest BCUT2D eigenvalue weighted by Crippen LogP contribution is 2.31. The number of nitro benzene ring substituents is 1. The third-order valence-electron chi connectivity index (χ3n) is 4.30. The monoisotopic (exact) mass is 403 g/mol. The number of nitro groups is 1. The molecule has 1 saturated heterocycles. The summed E-state index contributed by atoms with van der Waals surface area (Å²) in [6.07, 6.45) is 1.95. The van der Waals surface area contributed by atoms with Crippen LogP contribution in [0.4, 0.5) is 17.1 Å². The smallest absolute Gasteiger partial charge is 0.338 e. The third-order valence-corrected chi connectivity index (χ3v) is 4.53. The van der Waals surface area contributed by atoms with E-state index in [1.807, 2.05) is 4.90 Å². The van der Waals surface area contributed by atoms with Crippen molar-refractivity contribution in [3.05, 3.63) is 63.2 Å². The Morgan fingerprint density at radius 1 is 1.18 bits per heavy atom. The largest absolute Gasteiger partial charge is 0.452 e. The van der Waals surface area contributed by atoms with Crippen LogP contribution in [-0.2, 0) is 9.53 Å². The second kappa shape index (κ2) is 8.71. The van der Waals surface area contributed by atoms with Crippen molar-refractivity contribution in [2.45, 2.75) is 12.8 Å². The molecule has 2 aromatic rings. The Bertz CT molecular complexity index is 912. The van der Waals surface area contributed by atoms with Gasteiger partial charge in [0.15, 0.2) is 6.61 Å². The molecule has 1 N–H and O–H groups in total. The van der Waals surface area contributed by atoms with Crippen molar-refractivity contribution < 1.29 is 19.2 Å². The number of amides is 1. The SMILES string of the molecule is O=C(COC(=O)c1ccc(N2CCCC2)c([N+](=O)[O-])c1)Nc1cccc(Cl)c1. The van der Waals surface area contributed by atoms with Crippen molar-refractivity contribution >= 4 is 40.5 Å². The van der Waals surface area contributed by atoms with Gasteiger partial charge in [-0.05, 0) is 43.2 Å². The predicted molar refractivity (Wildman–Crippen MR) is 105 cm³/mol. The topological polar surface area (TPSA) is 102 Å². The third kappa shape index (κ3) is 4.77. The summed E-state index contributed by atoms with van der Waals surface area (Å²) in [7, 11) is 0. The number of anilines is 2. The number of carbonyl (C=O) groups is 2. The molecule has 0 aromatic heterocycles. The molecule has 0 atom stereocenters. The van der Waals surface area contributed by atoms with E-state index in [1.54, 1.807) is 30.3 Å². The molecule has 1 heterocycles. The number of ether oxygens (including phenoxy) is 1. The Kier molecular flexibility index (Phi) is 6.10. The van der Waals surface area contributed by atoms with E-state index >= 15 is 0 Å². The number of hydrogen-bond acceptors (Lipinski definition) is 6. The number of nitrogens with zero attached hydrogens (tertiary/aromatic N) is 2. The summed E-state index contributed by atoms with van der Waals surface area (Å²) >= 11 is 5.84. The van der Waals surface area contributed by atoms with Crippen molar-refractivity contribution in [1.29, 1.82) is 0 Å². The van der Waals surface area contributed by atoms with E-state index in [0.717, 1.165) is 25.9 Å². The molecule has 9 heteroatoms. The van der Waals surface area contributed by atoms with Crippen LogP contribution in [0, 0.1) is 10.1 Å². The zero-order valence-corrected chi connectivity index (χ0v) is 15.6. The lowest BCUT2D eigenvalue weighted by atomic mass is 10.1. The van der Waals surface area contributed by atoms with Gasteiger partial charge >= 0.3 is 5.97 Å². The summed E-state index contributed by atoms with van der Waals surface area (Å²) in [5.41, 5.74) is 0.821. The van der Waals surface area contributed by atoms with Crippen molar-refractivity contribution in [2.75, 3.05) is 29.9 Å². The number of benzene rings is 2. The minimum atomic E-state index is -0.808. The van der Waals surface area contributed by atoms with Gasteiger partial charge < -0.3 is 15.0 Å². The van der Waals surface area contributed by atoms with E-state index in [4.69, 9.17) is 16.3 Å². The number of nitrogens with one attached hydrogen (secondary N) is 1. The van der Waals surface area contributed by atoms with Crippen molar-refractivity contribution in [1.82, 2.24) is 0 Å². The van der Waals surface area contributed by atoms with Gasteiger partial charge in [0, 0.05) is 29.9 Å². The van der Waals surface area contributed by atoms with Crippen molar-refractivity contribution in [3.63, 3.8) is 0 Å². The number of esters is 1. The van der Waals surface area contributed by atoms with E-state index in [9.17, 15) is 19.7 Å². The molecule has 0 radical (unpaired) electrons. The average molecular weight is 404 g/mol. The lowest BCUT2D eigenvalue weighted by molar-refractivity contribution is -0.384. The molecular formula is C19H18ClN3O5. The first-order valence-electron chi connectivity index (χ1n) is 8.70. The molecule has 0 unspecified atom stereocenters. The Morgan fingerprint density at radius 3 is 2.61 bits per heavy atom. The van der Waals surface area contributed by atoms with Gasteiger partial charge in [-0.1, -0.05) is 17.7 Å². The zero-order chi connectivity index (χ0) is 20.1. The predicted octanol–water partition coefficient (Wildman–Crippen LogP) is 3.64. The van der Waals surface area contributed by atoms with Crippen molar-refractivity contribution in [2.24, 2.45) is 0 Å². The van der Waals surface area contributed by atoms with Crippen LogP contribution in [0.1, 0.15) is 23.2 Å². The molecule has 0 bridgehead atoms. The van der Waals surface area contributed by atoms with Gasteiger partial charge in [0.2, 0.25) is 0 Å². The quantitative estimate of drug-likeness (QED) is 0.448. The van der Waals surface area contributed by atoms with Gasteiger partial charge in [-0.3, -0.25) is 14.9 Å². The highest BCUT2D eigenvalue weighted by atomic mass is 35.5. The maximum atomic E-state index is 12.2. The minimum absolute atomic E-state index is 0.0187. The second-order valence-electron chi connectivity index (χ2n) is 6.29. The molecule has 0 aliphatic carbocycles. The number of rotatable bonds is 6.